The Labute approximate surface area is 144 Å². The molecule has 24 heavy (non-hydrogen) atoms. The molecule has 0 atom stereocenters. The highest BCUT2D eigenvalue weighted by Gasteiger charge is 2.11. The highest BCUT2D eigenvalue weighted by molar-refractivity contribution is 8.00. The molecule has 6 heteroatoms. The van der Waals surface area contributed by atoms with Crippen LogP contribution in [-0.4, -0.2) is 18.3 Å². The molecule has 2 aromatic carbocycles. The van der Waals surface area contributed by atoms with E-state index in [1.54, 1.807) is 12.1 Å². The van der Waals surface area contributed by atoms with Crippen molar-refractivity contribution in [2.75, 3.05) is 11.1 Å². The van der Waals surface area contributed by atoms with E-state index in [9.17, 15) is 13.6 Å². The number of hydrogen-bond donors (Lipinski definition) is 1. The molecule has 0 radical (unpaired) electrons. The van der Waals surface area contributed by atoms with Gasteiger partial charge in [0.2, 0.25) is 5.91 Å². The fourth-order valence-electron chi connectivity index (χ4n) is 2.05. The molecule has 0 unspecified atom stereocenters. The van der Waals surface area contributed by atoms with Crippen molar-refractivity contribution in [1.82, 2.24) is 0 Å². The number of benzene rings is 2. The summed E-state index contributed by atoms with van der Waals surface area (Å²) >= 11 is 1.39. The third kappa shape index (κ3) is 5.53. The number of rotatable bonds is 7. The molecule has 0 aliphatic rings. The number of para-hydroxylation sites is 2. The molecule has 0 saturated carbocycles. The Hall–Kier alpha value is -2.08. The van der Waals surface area contributed by atoms with Gasteiger partial charge >= 0.3 is 6.61 Å². The zero-order valence-electron chi connectivity index (χ0n) is 13.5. The van der Waals surface area contributed by atoms with E-state index in [4.69, 9.17) is 0 Å². The number of ether oxygens (including phenoxy) is 1. The molecule has 2 rings (SSSR count). The third-order valence-corrected chi connectivity index (χ3v) is 4.31. The van der Waals surface area contributed by atoms with E-state index in [0.29, 0.717) is 5.92 Å². The molecule has 0 aliphatic heterocycles. The van der Waals surface area contributed by atoms with Crippen molar-refractivity contribution in [2.24, 2.45) is 0 Å². The van der Waals surface area contributed by atoms with Crippen LogP contribution in [-0.2, 0) is 4.79 Å². The minimum absolute atomic E-state index is 0.0489. The summed E-state index contributed by atoms with van der Waals surface area (Å²) in [4.78, 5) is 13.0. The Balaban J connectivity index is 1.92. The maximum atomic E-state index is 12.4. The highest BCUT2D eigenvalue weighted by Crippen LogP contribution is 2.26. The van der Waals surface area contributed by atoms with Crippen molar-refractivity contribution in [3.8, 4) is 5.75 Å². The summed E-state index contributed by atoms with van der Waals surface area (Å²) in [5, 5.41) is 2.60. The van der Waals surface area contributed by atoms with Crippen molar-refractivity contribution in [2.45, 2.75) is 31.3 Å². The summed E-state index contributed by atoms with van der Waals surface area (Å²) in [6.45, 7) is 1.31. The molecule has 0 saturated heterocycles. The smallest absolute Gasteiger partial charge is 0.387 e. The van der Waals surface area contributed by atoms with Crippen LogP contribution in [0.4, 0.5) is 14.5 Å². The number of carbonyl (C=O) groups excluding carboxylic acids is 1. The number of amides is 1. The molecular formula is C18H19F2NO2S. The maximum Gasteiger partial charge on any atom is 0.387 e. The molecule has 0 aliphatic carbocycles. The standard InChI is InChI=1S/C18H19F2NO2S/c1-12(2)13-7-9-14(10-8-13)24-11-17(22)21-15-5-3-4-6-16(15)23-18(19)20/h3-10,12,18H,11H2,1-2H3,(H,21,22). The summed E-state index contributed by atoms with van der Waals surface area (Å²) < 4.78 is 29.1. The second kappa shape index (κ2) is 8.68. The van der Waals surface area contributed by atoms with Gasteiger partial charge in [-0.3, -0.25) is 4.79 Å². The minimum atomic E-state index is -2.93. The van der Waals surface area contributed by atoms with E-state index in [0.717, 1.165) is 4.90 Å². The highest BCUT2D eigenvalue weighted by atomic mass is 32.2. The van der Waals surface area contributed by atoms with E-state index < -0.39 is 6.61 Å². The lowest BCUT2D eigenvalue weighted by atomic mass is 10.0. The lowest BCUT2D eigenvalue weighted by molar-refractivity contribution is -0.113. The second-order valence-electron chi connectivity index (χ2n) is 5.44. The van der Waals surface area contributed by atoms with Gasteiger partial charge in [0.1, 0.15) is 5.75 Å². The van der Waals surface area contributed by atoms with Crippen molar-refractivity contribution in [3.63, 3.8) is 0 Å². The van der Waals surface area contributed by atoms with Gasteiger partial charge in [-0.05, 0) is 35.7 Å². The fraction of sp³-hybridized carbons (Fsp3) is 0.278. The first-order valence-corrected chi connectivity index (χ1v) is 8.50. The molecule has 3 nitrogen and oxygen atoms in total. The molecule has 128 valence electrons. The van der Waals surface area contributed by atoms with Gasteiger partial charge in [-0.15, -0.1) is 11.8 Å². The maximum absolute atomic E-state index is 12.4. The van der Waals surface area contributed by atoms with Crippen LogP contribution in [0.5, 0.6) is 5.75 Å². The Bertz CT molecular complexity index is 675. The van der Waals surface area contributed by atoms with E-state index in [-0.39, 0.29) is 23.1 Å². The van der Waals surface area contributed by atoms with Crippen LogP contribution in [0.25, 0.3) is 0 Å². The first-order chi connectivity index (χ1) is 11.5. The van der Waals surface area contributed by atoms with E-state index in [2.05, 4.69) is 23.9 Å². The van der Waals surface area contributed by atoms with Crippen LogP contribution < -0.4 is 10.1 Å². The number of hydrogen-bond acceptors (Lipinski definition) is 3. The third-order valence-electron chi connectivity index (χ3n) is 3.29. The molecule has 0 spiro atoms. The van der Waals surface area contributed by atoms with Crippen LogP contribution in [0, 0.1) is 0 Å². The molecular weight excluding hydrogens is 332 g/mol. The van der Waals surface area contributed by atoms with E-state index >= 15 is 0 Å². The lowest BCUT2D eigenvalue weighted by Gasteiger charge is -2.11. The summed E-state index contributed by atoms with van der Waals surface area (Å²) in [5.41, 5.74) is 1.47. The summed E-state index contributed by atoms with van der Waals surface area (Å²) in [6, 6.07) is 14.1. The van der Waals surface area contributed by atoms with Crippen LogP contribution >= 0.6 is 11.8 Å². The van der Waals surface area contributed by atoms with Gasteiger partial charge in [-0.2, -0.15) is 8.78 Å². The predicted molar refractivity (Wildman–Crippen MR) is 93.0 cm³/mol. The molecule has 1 amide bonds. The van der Waals surface area contributed by atoms with E-state index in [1.165, 1.54) is 29.5 Å². The van der Waals surface area contributed by atoms with Gasteiger partial charge in [0.05, 0.1) is 11.4 Å². The number of anilines is 1. The fourth-order valence-corrected chi connectivity index (χ4v) is 2.75. The normalized spacial score (nSPS) is 10.9. The largest absolute Gasteiger partial charge is 0.433 e. The Morgan fingerprint density at radius 3 is 2.42 bits per heavy atom. The Morgan fingerprint density at radius 2 is 1.79 bits per heavy atom. The average molecular weight is 351 g/mol. The predicted octanol–water partition coefficient (Wildman–Crippen LogP) is 5.14. The van der Waals surface area contributed by atoms with Crippen LogP contribution in [0.1, 0.15) is 25.3 Å². The first kappa shape index (κ1) is 18.3. The number of thioether (sulfide) groups is 1. The van der Waals surface area contributed by atoms with Gasteiger partial charge in [-0.25, -0.2) is 0 Å². The number of alkyl halides is 2. The quantitative estimate of drug-likeness (QED) is 0.702. The monoisotopic (exact) mass is 351 g/mol. The molecule has 0 fully saturated rings. The SMILES string of the molecule is CC(C)c1ccc(SCC(=O)Nc2ccccc2OC(F)F)cc1. The zero-order chi connectivity index (χ0) is 17.5. The lowest BCUT2D eigenvalue weighted by Crippen LogP contribution is -2.15. The van der Waals surface area contributed by atoms with E-state index in [1.807, 2.05) is 24.3 Å². The van der Waals surface area contributed by atoms with Gasteiger partial charge in [0.25, 0.3) is 0 Å². The van der Waals surface area contributed by atoms with Gasteiger partial charge in [0, 0.05) is 4.90 Å². The molecule has 0 heterocycles. The summed E-state index contributed by atoms with van der Waals surface area (Å²) in [7, 11) is 0. The van der Waals surface area contributed by atoms with Crippen molar-refractivity contribution >= 4 is 23.4 Å². The molecule has 0 aromatic heterocycles. The Morgan fingerprint density at radius 1 is 1.12 bits per heavy atom. The van der Waals surface area contributed by atoms with Gasteiger partial charge in [-0.1, -0.05) is 38.1 Å². The number of halogens is 2. The van der Waals surface area contributed by atoms with Gasteiger partial charge in [0.15, 0.2) is 0 Å². The van der Waals surface area contributed by atoms with Crippen LogP contribution in [0.3, 0.4) is 0 Å². The summed E-state index contributed by atoms with van der Waals surface area (Å²) in [6.07, 6.45) is 0. The van der Waals surface area contributed by atoms with Crippen molar-refractivity contribution in [1.29, 1.82) is 0 Å². The molecule has 0 bridgehead atoms. The van der Waals surface area contributed by atoms with Crippen LogP contribution in [0.15, 0.2) is 53.4 Å². The topological polar surface area (TPSA) is 38.3 Å². The first-order valence-electron chi connectivity index (χ1n) is 7.52. The Kier molecular flexibility index (Phi) is 6.61. The second-order valence-corrected chi connectivity index (χ2v) is 6.48. The van der Waals surface area contributed by atoms with Gasteiger partial charge < -0.3 is 10.1 Å². The summed E-state index contributed by atoms with van der Waals surface area (Å²) in [5.74, 6) is 0.313. The van der Waals surface area contributed by atoms with Crippen LogP contribution in [0.2, 0.25) is 0 Å². The number of carbonyl (C=O) groups is 1. The minimum Gasteiger partial charge on any atom is -0.433 e. The zero-order valence-corrected chi connectivity index (χ0v) is 14.3. The molecule has 2 aromatic rings. The van der Waals surface area contributed by atoms with Crippen molar-refractivity contribution < 1.29 is 18.3 Å². The molecule has 1 N–H and O–H groups in total. The number of nitrogens with one attached hydrogen (secondary N) is 1. The van der Waals surface area contributed by atoms with Crippen molar-refractivity contribution in [3.05, 3.63) is 54.1 Å². The average Bonchev–Trinajstić information content (AvgIpc) is 2.54.